The van der Waals surface area contributed by atoms with Crippen LogP contribution in [0.25, 0.3) is 0 Å². The number of aliphatic hydroxyl groups excluding tert-OH is 1. The van der Waals surface area contributed by atoms with Crippen molar-refractivity contribution in [2.75, 3.05) is 39.6 Å². The first kappa shape index (κ1) is 103. The number of phosphoric ester groups is 2. The summed E-state index contributed by atoms with van der Waals surface area (Å²) in [6.45, 7) is 4.57. The van der Waals surface area contributed by atoms with Crippen molar-refractivity contribution in [2.24, 2.45) is 0 Å². The van der Waals surface area contributed by atoms with Crippen LogP contribution in [0.1, 0.15) is 336 Å². The summed E-state index contributed by atoms with van der Waals surface area (Å²) in [4.78, 5) is 73.2. The van der Waals surface area contributed by atoms with Gasteiger partial charge in [0.25, 0.3) is 0 Å². The first-order valence-corrected chi connectivity index (χ1v) is 45.1. The molecule has 0 aliphatic heterocycles. The lowest BCUT2D eigenvalue weighted by atomic mass is 10.0. The molecule has 0 spiro atoms. The van der Waals surface area contributed by atoms with E-state index >= 15 is 0 Å². The molecule has 0 rings (SSSR count). The van der Waals surface area contributed by atoms with E-state index in [1.54, 1.807) is 0 Å². The lowest BCUT2D eigenvalue weighted by molar-refractivity contribution is -0.161. The maximum Gasteiger partial charge on any atom is 0.472 e. The summed E-state index contributed by atoms with van der Waals surface area (Å²) in [7, 11) is -9.99. The number of aliphatic hydroxyl groups is 1. The normalized spacial score (nSPS) is 14.5. The largest absolute Gasteiger partial charge is 0.472 e. The van der Waals surface area contributed by atoms with Crippen LogP contribution in [0.4, 0.5) is 0 Å². The van der Waals surface area contributed by atoms with Crippen LogP contribution >= 0.6 is 15.6 Å². The van der Waals surface area contributed by atoms with E-state index < -0.39 is 97.5 Å². The molecule has 0 aromatic rings. The van der Waals surface area contributed by atoms with Crippen molar-refractivity contribution in [1.82, 2.24) is 0 Å². The Kier molecular flexibility index (Phi) is 76.3. The van der Waals surface area contributed by atoms with Crippen LogP contribution in [0.3, 0.4) is 0 Å². The van der Waals surface area contributed by atoms with Gasteiger partial charge in [-0.2, -0.15) is 0 Å². The zero-order valence-corrected chi connectivity index (χ0v) is 69.5. The summed E-state index contributed by atoms with van der Waals surface area (Å²) < 4.78 is 68.7. The van der Waals surface area contributed by atoms with E-state index in [0.29, 0.717) is 25.7 Å². The fourth-order valence-electron chi connectivity index (χ4n) is 11.0. The minimum atomic E-state index is -5.00. The molecule has 108 heavy (non-hydrogen) atoms. The van der Waals surface area contributed by atoms with Crippen molar-refractivity contribution in [3.8, 4) is 0 Å². The summed E-state index contributed by atoms with van der Waals surface area (Å²) in [5, 5.41) is 10.7. The molecule has 0 bridgehead atoms. The number of unbranched alkanes of at least 4 members (excludes halogenated alkanes) is 28. The minimum Gasteiger partial charge on any atom is -0.462 e. The molecule has 0 aliphatic carbocycles. The maximum atomic E-state index is 13.1. The summed E-state index contributed by atoms with van der Waals surface area (Å²) in [5.41, 5.74) is 0. The molecule has 5 atom stereocenters. The molecule has 0 fully saturated rings. The van der Waals surface area contributed by atoms with Crippen LogP contribution in [0.5, 0.6) is 0 Å². The summed E-state index contributed by atoms with van der Waals surface area (Å²) in [6, 6.07) is 0. The predicted molar refractivity (Wildman–Crippen MR) is 445 cm³/mol. The third-order valence-electron chi connectivity index (χ3n) is 17.3. The van der Waals surface area contributed by atoms with Gasteiger partial charge < -0.3 is 33.8 Å². The fraction of sp³-hybridized carbons (Fsp3) is 0.685. The van der Waals surface area contributed by atoms with Gasteiger partial charge in [-0.05, 0) is 148 Å². The van der Waals surface area contributed by atoms with Crippen LogP contribution in [0.2, 0.25) is 0 Å². The van der Waals surface area contributed by atoms with Crippen molar-refractivity contribution in [1.29, 1.82) is 0 Å². The number of phosphoric acid groups is 2. The Morgan fingerprint density at radius 2 is 0.481 bits per heavy atom. The monoisotopic (exact) mass is 1550 g/mol. The first-order chi connectivity index (χ1) is 52.7. The van der Waals surface area contributed by atoms with E-state index in [0.717, 1.165) is 173 Å². The Balaban J connectivity index is 5.45. The Morgan fingerprint density at radius 1 is 0.269 bits per heavy atom. The van der Waals surface area contributed by atoms with Gasteiger partial charge in [-0.1, -0.05) is 308 Å². The van der Waals surface area contributed by atoms with Gasteiger partial charge >= 0.3 is 39.5 Å². The van der Waals surface area contributed by atoms with Crippen molar-refractivity contribution >= 4 is 39.5 Å². The Hall–Kier alpha value is -5.06. The highest BCUT2D eigenvalue weighted by Crippen LogP contribution is 2.45. The number of carbonyl (C=O) groups excluding carboxylic acids is 4. The van der Waals surface area contributed by atoms with Gasteiger partial charge in [0, 0.05) is 25.7 Å². The number of hydrogen-bond acceptors (Lipinski definition) is 15. The molecule has 0 radical (unpaired) electrons. The quantitative estimate of drug-likeness (QED) is 0.0169. The van der Waals surface area contributed by atoms with Crippen molar-refractivity contribution in [2.45, 2.75) is 354 Å². The molecule has 0 aliphatic rings. The molecule has 0 aromatic carbocycles. The highest BCUT2D eigenvalue weighted by Gasteiger charge is 2.30. The molecule has 0 aromatic heterocycles. The molecule has 19 heteroatoms. The molecule has 3 N–H and O–H groups in total. The maximum absolute atomic E-state index is 13.1. The Labute approximate surface area is 656 Å². The standard InChI is InChI=1S/C89H150O17P2/c1-5-9-13-17-21-25-29-33-37-39-41-43-47-50-54-58-62-66-70-74-87(92)100-80-84(105-88(93)75-71-67-63-59-55-51-46-36-32-28-24-20-16-12-8-4)81-103-107(95,96)101-77-83(90)78-102-108(97,98)104-82-85(79-99-86(91)73-69-65-61-57-53-49-45-35-31-27-23-19-15-11-7-3)106-89(94)76-72-68-64-60-56-52-48-44-42-40-38-34-30-26-22-18-14-10-6-2/h9-10,13-14,21-23,25-27,33-35,37-38,41-45,50,52,54,56,83-85,90H,5-8,11-12,15-20,24,28-32,36,39-40,46-49,51,53,55,57-82H2,1-4H3,(H,95,96)(H,97,98)/b13-9-,14-10-,25-21-,26-22-,27-23-,37-33-,38-34-,43-41-,44-42-,45-35-,54-50-,56-52-/t83-,84-,85-/m1/s1. The lowest BCUT2D eigenvalue weighted by Crippen LogP contribution is -2.30. The van der Waals surface area contributed by atoms with Crippen LogP contribution in [-0.2, 0) is 65.4 Å². The van der Waals surface area contributed by atoms with Gasteiger partial charge in [0.1, 0.15) is 19.3 Å². The molecule has 17 nitrogen and oxygen atoms in total. The number of rotatable bonds is 78. The SMILES string of the molecule is CC/C=C\C/C=C\C/C=C\C/C=C\C/C=C\CCCCCC(=O)OC[C@H](COP(=O)(O)OC[C@@H](O)COP(=O)(O)OC[C@@H](COC(=O)CCCCCCC/C=C\C/C=C\CCCCC)OC(=O)CCCCC/C=C\C/C=C\C/C=C\C/C=C\C/C=C\CC)OC(=O)CCCCCCCCCCCCCCCCC. The zero-order valence-electron chi connectivity index (χ0n) is 67.7. The van der Waals surface area contributed by atoms with Crippen molar-refractivity contribution in [3.05, 3.63) is 146 Å². The molecule has 0 amide bonds. The fourth-order valence-corrected chi connectivity index (χ4v) is 12.5. The number of allylic oxidation sites excluding steroid dienone is 24. The topological polar surface area (TPSA) is 237 Å². The van der Waals surface area contributed by atoms with Crippen LogP contribution in [-0.4, -0.2) is 96.7 Å². The van der Waals surface area contributed by atoms with Crippen LogP contribution in [0, 0.1) is 0 Å². The molecule has 0 saturated carbocycles. The summed E-state index contributed by atoms with van der Waals surface area (Å²) in [6.07, 6.45) is 92.4. The third-order valence-corrected chi connectivity index (χ3v) is 19.2. The second kappa shape index (κ2) is 80.0. The number of esters is 4. The molecule has 2 unspecified atom stereocenters. The van der Waals surface area contributed by atoms with Crippen molar-refractivity contribution in [3.63, 3.8) is 0 Å². The highest BCUT2D eigenvalue weighted by molar-refractivity contribution is 7.47. The molecule has 0 saturated heterocycles. The number of hydrogen-bond donors (Lipinski definition) is 3. The lowest BCUT2D eigenvalue weighted by Gasteiger charge is -2.21. The predicted octanol–water partition coefficient (Wildman–Crippen LogP) is 25.0. The van der Waals surface area contributed by atoms with Gasteiger partial charge in [-0.25, -0.2) is 9.13 Å². The van der Waals surface area contributed by atoms with E-state index in [4.69, 9.17) is 37.0 Å². The molecule has 618 valence electrons. The van der Waals surface area contributed by atoms with Gasteiger partial charge in [0.15, 0.2) is 12.2 Å². The van der Waals surface area contributed by atoms with E-state index in [-0.39, 0.29) is 25.7 Å². The van der Waals surface area contributed by atoms with Gasteiger partial charge in [-0.15, -0.1) is 0 Å². The number of carbonyl (C=O) groups is 4. The summed E-state index contributed by atoms with van der Waals surface area (Å²) in [5.74, 6) is -2.26. The first-order valence-electron chi connectivity index (χ1n) is 42.1. The minimum absolute atomic E-state index is 0.0487. The number of ether oxygens (including phenoxy) is 4. The Morgan fingerprint density at radius 3 is 0.769 bits per heavy atom. The van der Waals surface area contributed by atoms with E-state index in [1.165, 1.54) is 83.5 Å². The highest BCUT2D eigenvalue weighted by atomic mass is 31.2. The van der Waals surface area contributed by atoms with E-state index in [9.17, 15) is 43.2 Å². The summed E-state index contributed by atoms with van der Waals surface area (Å²) >= 11 is 0. The van der Waals surface area contributed by atoms with Crippen LogP contribution < -0.4 is 0 Å². The van der Waals surface area contributed by atoms with Gasteiger partial charge in [-0.3, -0.25) is 37.3 Å². The van der Waals surface area contributed by atoms with E-state index in [2.05, 4.69) is 174 Å². The Bertz CT molecular complexity index is 2610. The van der Waals surface area contributed by atoms with Gasteiger partial charge in [0.05, 0.1) is 26.4 Å². The molecule has 0 heterocycles. The second-order valence-corrected chi connectivity index (χ2v) is 30.6. The average molecular weight is 1550 g/mol. The van der Waals surface area contributed by atoms with Gasteiger partial charge in [0.2, 0.25) is 0 Å². The van der Waals surface area contributed by atoms with E-state index in [1.807, 2.05) is 0 Å². The molecular weight excluding hydrogens is 1400 g/mol. The molecular formula is C89H150O17P2. The second-order valence-electron chi connectivity index (χ2n) is 27.7. The smallest absolute Gasteiger partial charge is 0.462 e. The average Bonchev–Trinajstić information content (AvgIpc) is 0.914. The zero-order chi connectivity index (χ0) is 78.9. The van der Waals surface area contributed by atoms with Crippen LogP contribution in [0.15, 0.2) is 146 Å². The third kappa shape index (κ3) is 79.0. The van der Waals surface area contributed by atoms with Crippen molar-refractivity contribution < 1.29 is 80.2 Å².